The molecule has 4 aromatic carbocycles. The molecule has 0 heterocycles. The molecule has 1 aliphatic carbocycles. The van der Waals surface area contributed by atoms with Gasteiger partial charge in [0.15, 0.2) is 11.6 Å². The van der Waals surface area contributed by atoms with Gasteiger partial charge in [0.25, 0.3) is 0 Å². The van der Waals surface area contributed by atoms with E-state index >= 15 is 0 Å². The van der Waals surface area contributed by atoms with E-state index in [1.165, 1.54) is 0 Å². The third-order valence-corrected chi connectivity index (χ3v) is 7.15. The first kappa shape index (κ1) is 29.7. The fourth-order valence-electron chi connectivity index (χ4n) is 4.91. The van der Waals surface area contributed by atoms with Crippen LogP contribution in [0, 0.1) is 0 Å². The van der Waals surface area contributed by atoms with Crippen molar-refractivity contribution in [1.82, 2.24) is 0 Å². The summed E-state index contributed by atoms with van der Waals surface area (Å²) in [6.45, 7) is 7.26. The number of fused-ring (bicyclic) bond motifs is 2. The van der Waals surface area contributed by atoms with Crippen molar-refractivity contribution >= 4 is 46.3 Å². The smallest absolute Gasteiger partial charge is 0.330 e. The van der Waals surface area contributed by atoms with Gasteiger partial charge in [-0.1, -0.05) is 61.7 Å². The van der Waals surface area contributed by atoms with E-state index in [1.54, 1.807) is 36.4 Å². The van der Waals surface area contributed by atoms with Gasteiger partial charge in [0.1, 0.15) is 0 Å². The van der Waals surface area contributed by atoms with E-state index in [1.807, 2.05) is 48.5 Å². The molecular weight excluding hydrogens is 556 g/mol. The van der Waals surface area contributed by atoms with Crippen molar-refractivity contribution in [1.29, 1.82) is 0 Å². The lowest BCUT2D eigenvalue weighted by atomic mass is 9.82. The lowest BCUT2D eigenvalue weighted by Crippen LogP contribution is -2.23. The van der Waals surface area contributed by atoms with Gasteiger partial charge in [0.2, 0.25) is 0 Å². The van der Waals surface area contributed by atoms with Crippen LogP contribution in [0.4, 0.5) is 22.7 Å². The maximum atomic E-state index is 13.8. The summed E-state index contributed by atoms with van der Waals surface area (Å²) < 4.78 is 10.1. The molecule has 1 aliphatic rings. The predicted molar refractivity (Wildman–Crippen MR) is 169 cm³/mol. The second kappa shape index (κ2) is 13.5. The Bertz CT molecular complexity index is 1630. The number of hydrogen-bond donors (Lipinski definition) is 2. The minimum Gasteiger partial charge on any atom is -0.462 e. The van der Waals surface area contributed by atoms with Crippen LogP contribution < -0.4 is 10.6 Å². The average molecular weight is 587 g/mol. The van der Waals surface area contributed by atoms with Gasteiger partial charge in [-0.3, -0.25) is 9.59 Å². The number of benzene rings is 4. The molecule has 0 bridgehead atoms. The standard InChI is InChI=1S/C36H30N2O6/c1-3-31(39)43-21-19-23-9-13-25(14-10-23)37-29-17-18-30(34-33(29)35(41)27-7-5-6-8-28(27)36(34)42)38-26-15-11-24(12-16-26)20-22-44-32(40)4-2/h3-18,37-38H,1-2,19-22H2. The highest BCUT2D eigenvalue weighted by molar-refractivity contribution is 6.32. The van der Waals surface area contributed by atoms with Crippen LogP contribution in [-0.4, -0.2) is 36.7 Å². The Kier molecular flexibility index (Phi) is 9.10. The highest BCUT2D eigenvalue weighted by atomic mass is 16.5. The van der Waals surface area contributed by atoms with Crippen LogP contribution in [0.1, 0.15) is 43.0 Å². The lowest BCUT2D eigenvalue weighted by molar-refractivity contribution is -0.138. The number of ketones is 2. The van der Waals surface area contributed by atoms with Crippen LogP contribution in [0.3, 0.4) is 0 Å². The summed E-state index contributed by atoms with van der Waals surface area (Å²) in [6, 6.07) is 25.5. The molecule has 8 heteroatoms. The van der Waals surface area contributed by atoms with E-state index in [0.29, 0.717) is 46.5 Å². The van der Waals surface area contributed by atoms with Gasteiger partial charge in [-0.2, -0.15) is 0 Å². The number of rotatable bonds is 12. The molecule has 0 saturated carbocycles. The van der Waals surface area contributed by atoms with E-state index in [0.717, 1.165) is 34.7 Å². The van der Waals surface area contributed by atoms with E-state index in [4.69, 9.17) is 9.47 Å². The second-order valence-corrected chi connectivity index (χ2v) is 10.0. The van der Waals surface area contributed by atoms with Crippen LogP contribution in [0.2, 0.25) is 0 Å². The SMILES string of the molecule is C=CC(=O)OCCc1ccc(Nc2ccc(Nc3ccc(CCOC(=O)C=C)cc3)c3c2C(=O)c2ccccc2C3=O)cc1. The second-order valence-electron chi connectivity index (χ2n) is 10.0. The monoisotopic (exact) mass is 586 g/mol. The summed E-state index contributed by atoms with van der Waals surface area (Å²) in [4.78, 5) is 50.2. The number of hydrogen-bond acceptors (Lipinski definition) is 8. The van der Waals surface area contributed by atoms with Crippen LogP contribution in [-0.2, 0) is 31.9 Å². The first-order valence-electron chi connectivity index (χ1n) is 14.0. The van der Waals surface area contributed by atoms with Gasteiger partial charge in [0, 0.05) is 47.5 Å². The van der Waals surface area contributed by atoms with E-state index in [-0.39, 0.29) is 24.8 Å². The third kappa shape index (κ3) is 6.65. The molecule has 0 amide bonds. The largest absolute Gasteiger partial charge is 0.462 e. The van der Waals surface area contributed by atoms with E-state index < -0.39 is 11.9 Å². The van der Waals surface area contributed by atoms with Crippen molar-refractivity contribution in [3.05, 3.63) is 144 Å². The van der Waals surface area contributed by atoms with Gasteiger partial charge >= 0.3 is 11.9 Å². The molecule has 2 N–H and O–H groups in total. The highest BCUT2D eigenvalue weighted by Gasteiger charge is 2.34. The van der Waals surface area contributed by atoms with Gasteiger partial charge in [0.05, 0.1) is 35.7 Å². The minimum atomic E-state index is -0.465. The van der Waals surface area contributed by atoms with Gasteiger partial charge in [-0.25, -0.2) is 9.59 Å². The molecule has 0 fully saturated rings. The molecule has 0 spiro atoms. The van der Waals surface area contributed by atoms with E-state index in [2.05, 4.69) is 23.8 Å². The Morgan fingerprint density at radius 1 is 0.591 bits per heavy atom. The van der Waals surface area contributed by atoms with Crippen LogP contribution >= 0.6 is 0 Å². The summed E-state index contributed by atoms with van der Waals surface area (Å²) in [5, 5.41) is 6.63. The number of esters is 2. The summed E-state index contributed by atoms with van der Waals surface area (Å²) in [5.41, 5.74) is 5.72. The molecule has 0 aliphatic heterocycles. The number of anilines is 4. The minimum absolute atomic E-state index is 0.240. The van der Waals surface area contributed by atoms with Crippen molar-refractivity contribution in [3.63, 3.8) is 0 Å². The highest BCUT2D eigenvalue weighted by Crippen LogP contribution is 2.38. The van der Waals surface area contributed by atoms with Gasteiger partial charge < -0.3 is 20.1 Å². The van der Waals surface area contributed by atoms with Crippen LogP contribution in [0.25, 0.3) is 0 Å². The summed E-state index contributed by atoms with van der Waals surface area (Å²) in [6.07, 6.45) is 3.35. The van der Waals surface area contributed by atoms with Crippen molar-refractivity contribution in [2.24, 2.45) is 0 Å². The summed E-state index contributed by atoms with van der Waals surface area (Å²) >= 11 is 0. The van der Waals surface area contributed by atoms with E-state index in [9.17, 15) is 19.2 Å². The molecule has 0 radical (unpaired) electrons. The molecule has 5 rings (SSSR count). The zero-order valence-electron chi connectivity index (χ0n) is 23.9. The molecule has 4 aromatic rings. The predicted octanol–water partition coefficient (Wildman–Crippen LogP) is 6.49. The van der Waals surface area contributed by atoms with Gasteiger partial charge in [-0.05, 0) is 47.5 Å². The number of carbonyl (C=O) groups excluding carboxylic acids is 4. The average Bonchev–Trinajstić information content (AvgIpc) is 3.05. The van der Waals surface area contributed by atoms with Gasteiger partial charge in [-0.15, -0.1) is 0 Å². The Hall–Kier alpha value is -5.76. The summed E-state index contributed by atoms with van der Waals surface area (Å²) in [7, 11) is 0. The summed E-state index contributed by atoms with van der Waals surface area (Å²) in [5.74, 6) is -1.42. The van der Waals surface area contributed by atoms with Crippen LogP contribution in [0.5, 0.6) is 0 Å². The molecule has 0 saturated heterocycles. The zero-order valence-corrected chi connectivity index (χ0v) is 23.9. The fourth-order valence-corrected chi connectivity index (χ4v) is 4.91. The number of ether oxygens (including phenoxy) is 2. The molecule has 44 heavy (non-hydrogen) atoms. The fraction of sp³-hybridized carbons (Fsp3) is 0.111. The first-order valence-corrected chi connectivity index (χ1v) is 14.0. The quantitative estimate of drug-likeness (QED) is 0.126. The lowest BCUT2D eigenvalue weighted by Gasteiger charge is -2.24. The maximum absolute atomic E-state index is 13.8. The zero-order chi connectivity index (χ0) is 31.1. The Balaban J connectivity index is 1.40. The number of nitrogens with one attached hydrogen (secondary N) is 2. The molecule has 220 valence electrons. The first-order chi connectivity index (χ1) is 21.4. The maximum Gasteiger partial charge on any atom is 0.330 e. The van der Waals surface area contributed by atoms with Crippen molar-refractivity contribution in [2.45, 2.75) is 12.8 Å². The van der Waals surface area contributed by atoms with Crippen LogP contribution in [0.15, 0.2) is 110 Å². The molecule has 0 atom stereocenters. The Labute approximate surface area is 255 Å². The molecular formula is C36H30N2O6. The third-order valence-electron chi connectivity index (χ3n) is 7.15. The topological polar surface area (TPSA) is 111 Å². The Morgan fingerprint density at radius 2 is 0.977 bits per heavy atom. The molecule has 0 aromatic heterocycles. The van der Waals surface area contributed by atoms with Crippen molar-refractivity contribution in [3.8, 4) is 0 Å². The van der Waals surface area contributed by atoms with Crippen molar-refractivity contribution < 1.29 is 28.7 Å². The number of carbonyl (C=O) groups is 4. The molecule has 8 nitrogen and oxygen atoms in total. The Morgan fingerprint density at radius 3 is 1.34 bits per heavy atom. The normalized spacial score (nSPS) is 11.5. The van der Waals surface area contributed by atoms with Crippen molar-refractivity contribution in [2.75, 3.05) is 23.8 Å². The molecule has 0 unspecified atom stereocenters.